The van der Waals surface area contributed by atoms with E-state index in [1.807, 2.05) is 13.8 Å². The second kappa shape index (κ2) is 7.87. The highest BCUT2D eigenvalue weighted by Crippen LogP contribution is 2.17. The number of carbonyl (C=O) groups excluding carboxylic acids is 2. The Morgan fingerprint density at radius 3 is 2.40 bits per heavy atom. The third kappa shape index (κ3) is 4.51. The summed E-state index contributed by atoms with van der Waals surface area (Å²) >= 11 is 0. The van der Waals surface area contributed by atoms with Gasteiger partial charge in [-0.05, 0) is 26.7 Å². The summed E-state index contributed by atoms with van der Waals surface area (Å²) in [6.07, 6.45) is 1.71. The molecule has 1 saturated heterocycles. The normalized spacial score (nSPS) is 18.7. The van der Waals surface area contributed by atoms with Crippen molar-refractivity contribution >= 4 is 17.8 Å². The van der Waals surface area contributed by atoms with Gasteiger partial charge in [-0.3, -0.25) is 14.4 Å². The average Bonchev–Trinajstić information content (AvgIpc) is 2.46. The molecule has 0 saturated carbocycles. The number of hydrogen-bond acceptors (Lipinski definition) is 3. The lowest BCUT2D eigenvalue weighted by molar-refractivity contribution is -0.146. The lowest BCUT2D eigenvalue weighted by Crippen LogP contribution is -2.42. The summed E-state index contributed by atoms with van der Waals surface area (Å²) in [7, 11) is 0. The molecule has 6 nitrogen and oxygen atoms in total. The number of hydrogen-bond donors (Lipinski definition) is 1. The van der Waals surface area contributed by atoms with Crippen molar-refractivity contribution in [1.29, 1.82) is 0 Å². The second-order valence-electron chi connectivity index (χ2n) is 5.08. The van der Waals surface area contributed by atoms with E-state index in [4.69, 9.17) is 5.11 Å². The second-order valence-corrected chi connectivity index (χ2v) is 5.08. The molecule has 1 heterocycles. The summed E-state index contributed by atoms with van der Waals surface area (Å²) in [5.41, 5.74) is 0. The maximum Gasteiger partial charge on any atom is 0.308 e. The Labute approximate surface area is 119 Å². The van der Waals surface area contributed by atoms with Crippen molar-refractivity contribution in [3.63, 3.8) is 0 Å². The van der Waals surface area contributed by atoms with Crippen LogP contribution in [0.4, 0.5) is 0 Å². The van der Waals surface area contributed by atoms with Gasteiger partial charge in [-0.1, -0.05) is 0 Å². The van der Waals surface area contributed by atoms with Gasteiger partial charge in [0, 0.05) is 39.0 Å². The van der Waals surface area contributed by atoms with E-state index in [2.05, 4.69) is 0 Å². The molecule has 0 bridgehead atoms. The van der Waals surface area contributed by atoms with Crippen LogP contribution in [0.3, 0.4) is 0 Å². The van der Waals surface area contributed by atoms with Crippen molar-refractivity contribution in [2.75, 3.05) is 26.2 Å². The summed E-state index contributed by atoms with van der Waals surface area (Å²) in [5, 5.41) is 8.99. The molecule has 6 heteroatoms. The van der Waals surface area contributed by atoms with Crippen molar-refractivity contribution in [2.24, 2.45) is 5.92 Å². The number of piperidine rings is 1. The van der Waals surface area contributed by atoms with Gasteiger partial charge in [0.1, 0.15) is 0 Å². The summed E-state index contributed by atoms with van der Waals surface area (Å²) < 4.78 is 0. The van der Waals surface area contributed by atoms with E-state index in [0.29, 0.717) is 32.5 Å². The molecule has 1 aliphatic rings. The summed E-state index contributed by atoms with van der Waals surface area (Å²) in [4.78, 5) is 38.1. The monoisotopic (exact) mass is 284 g/mol. The number of likely N-dealkylation sites (tertiary alicyclic amines) is 1. The summed E-state index contributed by atoms with van der Waals surface area (Å²) in [6, 6.07) is 0. The molecule has 1 unspecified atom stereocenters. The van der Waals surface area contributed by atoms with E-state index in [-0.39, 0.29) is 31.2 Å². The molecule has 0 radical (unpaired) electrons. The fourth-order valence-corrected chi connectivity index (χ4v) is 2.51. The van der Waals surface area contributed by atoms with Crippen molar-refractivity contribution in [3.8, 4) is 0 Å². The first-order chi connectivity index (χ1) is 9.49. The van der Waals surface area contributed by atoms with Gasteiger partial charge in [-0.25, -0.2) is 0 Å². The van der Waals surface area contributed by atoms with E-state index in [9.17, 15) is 14.4 Å². The first-order valence-corrected chi connectivity index (χ1v) is 7.27. The SMILES string of the molecule is CCN(CC)C(=O)CCC(=O)N1CCCC(C(=O)O)C1. The number of nitrogens with zero attached hydrogens (tertiary/aromatic N) is 2. The quantitative estimate of drug-likeness (QED) is 0.788. The first kappa shape index (κ1) is 16.5. The zero-order valence-corrected chi connectivity index (χ0v) is 12.3. The van der Waals surface area contributed by atoms with Crippen molar-refractivity contribution < 1.29 is 19.5 Å². The van der Waals surface area contributed by atoms with Crippen LogP contribution < -0.4 is 0 Å². The molecule has 0 aromatic carbocycles. The molecule has 20 heavy (non-hydrogen) atoms. The molecule has 2 amide bonds. The van der Waals surface area contributed by atoms with E-state index in [1.54, 1.807) is 9.80 Å². The Bertz CT molecular complexity index is 366. The topological polar surface area (TPSA) is 77.9 Å². The Morgan fingerprint density at radius 1 is 1.20 bits per heavy atom. The largest absolute Gasteiger partial charge is 0.481 e. The molecule has 1 N–H and O–H groups in total. The van der Waals surface area contributed by atoms with Gasteiger partial charge < -0.3 is 14.9 Å². The van der Waals surface area contributed by atoms with Gasteiger partial charge in [0.05, 0.1) is 5.92 Å². The molecule has 0 spiro atoms. The highest BCUT2D eigenvalue weighted by atomic mass is 16.4. The van der Waals surface area contributed by atoms with Gasteiger partial charge in [0.25, 0.3) is 0 Å². The minimum Gasteiger partial charge on any atom is -0.481 e. The lowest BCUT2D eigenvalue weighted by atomic mass is 9.98. The third-order valence-electron chi connectivity index (χ3n) is 3.79. The minimum atomic E-state index is -0.846. The maximum atomic E-state index is 12.0. The van der Waals surface area contributed by atoms with Crippen molar-refractivity contribution in [3.05, 3.63) is 0 Å². The van der Waals surface area contributed by atoms with Gasteiger partial charge in [0.15, 0.2) is 0 Å². The predicted molar refractivity (Wildman–Crippen MR) is 74.1 cm³/mol. The Balaban J connectivity index is 2.42. The van der Waals surface area contributed by atoms with Crippen LogP contribution in [0.15, 0.2) is 0 Å². The standard InChI is InChI=1S/C14H24N2O4/c1-3-15(4-2)12(17)7-8-13(18)16-9-5-6-11(10-16)14(19)20/h11H,3-10H2,1-2H3,(H,19,20). The number of carbonyl (C=O) groups is 3. The molecular weight excluding hydrogens is 260 g/mol. The van der Waals surface area contributed by atoms with E-state index < -0.39 is 11.9 Å². The fourth-order valence-electron chi connectivity index (χ4n) is 2.51. The Morgan fingerprint density at radius 2 is 1.85 bits per heavy atom. The number of aliphatic carboxylic acids is 1. The highest BCUT2D eigenvalue weighted by Gasteiger charge is 2.28. The van der Waals surface area contributed by atoms with Crippen molar-refractivity contribution in [1.82, 2.24) is 9.80 Å². The van der Waals surface area contributed by atoms with Crippen LogP contribution in [0.1, 0.15) is 39.5 Å². The molecule has 0 aromatic rings. The third-order valence-corrected chi connectivity index (χ3v) is 3.79. The number of rotatable bonds is 6. The molecule has 114 valence electrons. The molecule has 1 atom stereocenters. The Hall–Kier alpha value is -1.59. The van der Waals surface area contributed by atoms with E-state index >= 15 is 0 Å². The number of amides is 2. The Kier molecular flexibility index (Phi) is 6.48. The molecule has 1 aliphatic heterocycles. The molecule has 0 aliphatic carbocycles. The van der Waals surface area contributed by atoms with Crippen LogP contribution in [0.2, 0.25) is 0 Å². The summed E-state index contributed by atoms with van der Waals surface area (Å²) in [5.74, 6) is -1.44. The van der Waals surface area contributed by atoms with Crippen LogP contribution >= 0.6 is 0 Å². The average molecular weight is 284 g/mol. The summed E-state index contributed by atoms with van der Waals surface area (Å²) in [6.45, 7) is 5.98. The predicted octanol–water partition coefficient (Wildman–Crippen LogP) is 0.958. The smallest absolute Gasteiger partial charge is 0.308 e. The van der Waals surface area contributed by atoms with Crippen LogP contribution in [0, 0.1) is 5.92 Å². The number of carboxylic acid groups (broad SMARTS) is 1. The lowest BCUT2D eigenvalue weighted by Gasteiger charge is -2.31. The van der Waals surface area contributed by atoms with Gasteiger partial charge in [0.2, 0.25) is 11.8 Å². The van der Waals surface area contributed by atoms with Crippen LogP contribution in [0.25, 0.3) is 0 Å². The fraction of sp³-hybridized carbons (Fsp3) is 0.786. The highest BCUT2D eigenvalue weighted by molar-refractivity contribution is 5.84. The van der Waals surface area contributed by atoms with Gasteiger partial charge >= 0.3 is 5.97 Å². The first-order valence-electron chi connectivity index (χ1n) is 7.27. The zero-order chi connectivity index (χ0) is 15.1. The van der Waals surface area contributed by atoms with Crippen LogP contribution in [-0.4, -0.2) is 58.9 Å². The molecular formula is C14H24N2O4. The van der Waals surface area contributed by atoms with Gasteiger partial charge in [-0.2, -0.15) is 0 Å². The number of carboxylic acids is 1. The zero-order valence-electron chi connectivity index (χ0n) is 12.3. The molecule has 1 rings (SSSR count). The van der Waals surface area contributed by atoms with Gasteiger partial charge in [-0.15, -0.1) is 0 Å². The molecule has 0 aromatic heterocycles. The van der Waals surface area contributed by atoms with E-state index in [0.717, 1.165) is 0 Å². The minimum absolute atomic E-state index is 0.0184. The van der Waals surface area contributed by atoms with Crippen molar-refractivity contribution in [2.45, 2.75) is 39.5 Å². The molecule has 1 fully saturated rings. The van der Waals surface area contributed by atoms with Crippen LogP contribution in [-0.2, 0) is 14.4 Å². The maximum absolute atomic E-state index is 12.0. The van der Waals surface area contributed by atoms with Crippen LogP contribution in [0.5, 0.6) is 0 Å². The van der Waals surface area contributed by atoms with E-state index in [1.165, 1.54) is 0 Å².